The Balaban J connectivity index is -0.0000000150. The maximum Gasteiger partial charge on any atom is 2.00 e. The maximum atomic E-state index is 8.44. The van der Waals surface area contributed by atoms with Crippen molar-refractivity contribution in [3.8, 4) is 0 Å². The van der Waals surface area contributed by atoms with Crippen LogP contribution in [0, 0.1) is 0 Å². The van der Waals surface area contributed by atoms with E-state index in [0.717, 1.165) is 0 Å². The Hall–Kier alpha value is 0.496. The van der Waals surface area contributed by atoms with Crippen molar-refractivity contribution in [2.24, 2.45) is 0 Å². The second-order valence-electron chi connectivity index (χ2n) is 0.204. The molecule has 0 aromatic carbocycles. The van der Waals surface area contributed by atoms with Gasteiger partial charge in [-0.05, 0) is 0 Å². The molecule has 0 aliphatic carbocycles. The van der Waals surface area contributed by atoms with Gasteiger partial charge in [-0.25, -0.2) is 0 Å². The molecule has 0 aliphatic heterocycles. The fourth-order valence-corrected chi connectivity index (χ4v) is 0. The molecule has 0 aromatic rings. The third-order valence-corrected chi connectivity index (χ3v) is 0. The third kappa shape index (κ3) is 533. The molecular weight excluding hydrogens is 171 g/mol. The van der Waals surface area contributed by atoms with Crippen molar-refractivity contribution in [2.45, 2.75) is 0 Å². The van der Waals surface area contributed by atoms with Gasteiger partial charge >= 0.3 is 16.8 Å². The summed E-state index contributed by atoms with van der Waals surface area (Å²) in [5, 5.41) is 0. The van der Waals surface area contributed by atoms with Crippen LogP contribution in [0.25, 0.3) is 0 Å². The molecule has 0 fully saturated rings. The Morgan fingerprint density at radius 1 is 1.14 bits per heavy atom. The van der Waals surface area contributed by atoms with Crippen molar-refractivity contribution in [1.29, 1.82) is 0 Å². The average molecular weight is 175 g/mol. The Morgan fingerprint density at radius 2 is 1.14 bits per heavy atom. The van der Waals surface area contributed by atoms with Gasteiger partial charge in [0.25, 0.3) is 0 Å². The van der Waals surface area contributed by atoms with E-state index in [1.54, 1.807) is 0 Å². The molecular formula is H4CoO5S. The molecule has 0 rings (SSSR count). The molecule has 4 N–H and O–H groups in total. The largest absolute Gasteiger partial charge is 2.00 e. The van der Waals surface area contributed by atoms with Gasteiger partial charge < -0.3 is 20.1 Å². The monoisotopic (exact) mass is 175 g/mol. The predicted octanol–water partition coefficient (Wildman–Crippen LogP) is -2.66. The van der Waals surface area contributed by atoms with Crippen molar-refractivity contribution in [1.82, 2.24) is 0 Å². The molecule has 0 bridgehead atoms. The molecule has 0 saturated carbocycles. The fourth-order valence-electron chi connectivity index (χ4n) is 0. The summed E-state index contributed by atoms with van der Waals surface area (Å²) in [6.45, 7) is 0. The summed E-state index contributed by atoms with van der Waals surface area (Å²) in [7, 11) is 0. The SMILES string of the molecule is O.O.O=S([O-])[O-].[Co+2]. The van der Waals surface area contributed by atoms with Gasteiger partial charge in [-0.1, -0.05) is 0 Å². The van der Waals surface area contributed by atoms with Gasteiger partial charge in [-0.15, -0.1) is 11.4 Å². The van der Waals surface area contributed by atoms with E-state index in [0.29, 0.717) is 0 Å². The van der Waals surface area contributed by atoms with Crippen molar-refractivity contribution >= 4 is 11.4 Å². The minimum absolute atomic E-state index is 0. The van der Waals surface area contributed by atoms with Crippen LogP contribution in [0.5, 0.6) is 0 Å². The van der Waals surface area contributed by atoms with E-state index in [4.69, 9.17) is 13.3 Å². The van der Waals surface area contributed by atoms with Crippen LogP contribution >= 0.6 is 0 Å². The van der Waals surface area contributed by atoms with E-state index in [2.05, 4.69) is 0 Å². The van der Waals surface area contributed by atoms with Crippen molar-refractivity contribution in [3.05, 3.63) is 0 Å². The molecule has 49 valence electrons. The van der Waals surface area contributed by atoms with Crippen molar-refractivity contribution in [3.63, 3.8) is 0 Å². The number of hydrogen-bond donors (Lipinski definition) is 0. The Labute approximate surface area is 53.0 Å². The zero-order valence-corrected chi connectivity index (χ0v) is 4.82. The van der Waals surface area contributed by atoms with Crippen molar-refractivity contribution in [2.75, 3.05) is 0 Å². The Morgan fingerprint density at radius 3 is 1.14 bits per heavy atom. The van der Waals surface area contributed by atoms with Gasteiger partial charge in [0, 0.05) is 0 Å². The van der Waals surface area contributed by atoms with Gasteiger partial charge in [-0.2, -0.15) is 0 Å². The normalized spacial score (nSPS) is 5.00. The summed E-state index contributed by atoms with van der Waals surface area (Å²) in [5.41, 5.74) is 0. The first-order valence-corrected chi connectivity index (χ1v) is 1.50. The summed E-state index contributed by atoms with van der Waals surface area (Å²) in [6.07, 6.45) is 0. The molecule has 7 heavy (non-hydrogen) atoms. The van der Waals surface area contributed by atoms with E-state index in [1.807, 2.05) is 0 Å². The topological polar surface area (TPSA) is 126 Å². The Kier molecular flexibility index (Phi) is 59.4. The third-order valence-electron chi connectivity index (χ3n) is 0. The Bertz CT molecular complexity index is 31.1. The summed E-state index contributed by atoms with van der Waals surface area (Å²) in [4.78, 5) is 0. The molecule has 0 heterocycles. The van der Waals surface area contributed by atoms with Crippen LogP contribution in [-0.4, -0.2) is 24.3 Å². The minimum atomic E-state index is -3.11. The first-order valence-electron chi connectivity index (χ1n) is 0.500. The van der Waals surface area contributed by atoms with Gasteiger partial charge in [-0.3, -0.25) is 4.21 Å². The van der Waals surface area contributed by atoms with Gasteiger partial charge in [0.05, 0.1) is 0 Å². The van der Waals surface area contributed by atoms with Crippen LogP contribution in [-0.2, 0) is 28.1 Å². The fraction of sp³-hybridized carbons (Fsp3) is 0. The van der Waals surface area contributed by atoms with Gasteiger partial charge in [0.1, 0.15) is 0 Å². The zero-order chi connectivity index (χ0) is 3.58. The summed E-state index contributed by atoms with van der Waals surface area (Å²) in [6, 6.07) is 0. The molecule has 7 heteroatoms. The number of hydrogen-bond acceptors (Lipinski definition) is 3. The quantitative estimate of drug-likeness (QED) is 0.373. The first-order chi connectivity index (χ1) is 1.73. The molecule has 0 spiro atoms. The molecule has 0 saturated heterocycles. The standard InChI is InChI=1S/Co.H2O3S.2H2O/c;1-4(2)3;;/h;(H2,1,2,3);2*1H2/q+2;;;/p-2. The van der Waals surface area contributed by atoms with E-state index in [1.165, 1.54) is 0 Å². The summed E-state index contributed by atoms with van der Waals surface area (Å²) in [5.74, 6) is 0. The average Bonchev–Trinajstić information content (AvgIpc) is 0.811. The van der Waals surface area contributed by atoms with Gasteiger partial charge in [0.2, 0.25) is 0 Å². The number of rotatable bonds is 0. The summed E-state index contributed by atoms with van der Waals surface area (Å²) < 4.78 is 25.3. The smallest absolute Gasteiger partial charge is 0.784 e. The van der Waals surface area contributed by atoms with E-state index in [-0.39, 0.29) is 27.7 Å². The van der Waals surface area contributed by atoms with Crippen LogP contribution in [0.15, 0.2) is 0 Å². The second kappa shape index (κ2) is 16.1. The van der Waals surface area contributed by atoms with Crippen LogP contribution in [0.2, 0.25) is 0 Å². The van der Waals surface area contributed by atoms with Crippen LogP contribution in [0.4, 0.5) is 0 Å². The maximum absolute atomic E-state index is 8.44. The minimum Gasteiger partial charge on any atom is -0.784 e. The van der Waals surface area contributed by atoms with E-state index in [9.17, 15) is 0 Å². The second-order valence-corrected chi connectivity index (χ2v) is 0.612. The molecule has 5 nitrogen and oxygen atoms in total. The van der Waals surface area contributed by atoms with E-state index < -0.39 is 11.4 Å². The van der Waals surface area contributed by atoms with Crippen LogP contribution in [0.1, 0.15) is 0 Å². The molecule has 0 atom stereocenters. The van der Waals surface area contributed by atoms with Crippen LogP contribution < -0.4 is 0 Å². The van der Waals surface area contributed by atoms with Crippen molar-refractivity contribution < 1.29 is 41.0 Å². The van der Waals surface area contributed by atoms with Gasteiger partial charge in [0.15, 0.2) is 0 Å². The first kappa shape index (κ1) is 25.9. The predicted molar refractivity (Wildman–Crippen MR) is 16.9 cm³/mol. The molecule has 0 aromatic heterocycles. The molecule has 1 radical (unpaired) electrons. The summed E-state index contributed by atoms with van der Waals surface area (Å²) >= 11 is -3.11. The van der Waals surface area contributed by atoms with Crippen LogP contribution in [0.3, 0.4) is 0 Å². The zero-order valence-electron chi connectivity index (χ0n) is 2.97. The molecule has 0 amide bonds. The molecule has 0 aliphatic rings. The van der Waals surface area contributed by atoms with E-state index >= 15 is 0 Å². The molecule has 0 unspecified atom stereocenters.